The number of aromatic nitrogens is 3. The van der Waals surface area contributed by atoms with Gasteiger partial charge in [-0.1, -0.05) is 0 Å². The molecule has 7 heteroatoms. The van der Waals surface area contributed by atoms with Crippen LogP contribution in [0.25, 0.3) is 0 Å². The van der Waals surface area contributed by atoms with Crippen LogP contribution in [0, 0.1) is 5.92 Å². The van der Waals surface area contributed by atoms with Crippen molar-refractivity contribution in [1.82, 2.24) is 24.6 Å². The van der Waals surface area contributed by atoms with E-state index in [1.54, 1.807) is 12.6 Å². The fourth-order valence-electron chi connectivity index (χ4n) is 4.30. The third-order valence-corrected chi connectivity index (χ3v) is 5.73. The first-order chi connectivity index (χ1) is 12.7. The Hall–Kier alpha value is -2.15. The number of carbonyl (C=O) groups excluding carboxylic acids is 1. The summed E-state index contributed by atoms with van der Waals surface area (Å²) in [6.45, 7) is 4.32. The summed E-state index contributed by atoms with van der Waals surface area (Å²) in [6, 6.07) is 3.92. The lowest BCUT2D eigenvalue weighted by Gasteiger charge is -2.37. The normalized spacial score (nSPS) is 22.7. The average molecular weight is 357 g/mol. The van der Waals surface area contributed by atoms with Gasteiger partial charge in [0.25, 0.3) is 0 Å². The summed E-state index contributed by atoms with van der Waals surface area (Å²) in [4.78, 5) is 17.4. The minimum absolute atomic E-state index is 0.116. The first kappa shape index (κ1) is 17.3. The molecule has 4 heterocycles. The monoisotopic (exact) mass is 357 g/mol. The van der Waals surface area contributed by atoms with E-state index >= 15 is 0 Å². The van der Waals surface area contributed by atoms with Crippen LogP contribution < -0.4 is 0 Å². The second kappa shape index (κ2) is 7.61. The molecule has 0 radical (unpaired) electrons. The van der Waals surface area contributed by atoms with Crippen molar-refractivity contribution in [1.29, 1.82) is 0 Å². The Morgan fingerprint density at radius 1 is 1.27 bits per heavy atom. The highest BCUT2D eigenvalue weighted by molar-refractivity contribution is 5.79. The first-order valence-corrected chi connectivity index (χ1v) is 9.58. The molecule has 26 heavy (non-hydrogen) atoms. The van der Waals surface area contributed by atoms with Crippen molar-refractivity contribution >= 4 is 5.91 Å². The molecule has 2 aliphatic rings. The number of amides is 1. The van der Waals surface area contributed by atoms with Gasteiger partial charge in [0, 0.05) is 32.6 Å². The van der Waals surface area contributed by atoms with Crippen molar-refractivity contribution in [2.24, 2.45) is 13.0 Å². The molecule has 1 unspecified atom stereocenters. The number of aryl methyl sites for hydroxylation is 1. The molecule has 0 N–H and O–H groups in total. The summed E-state index contributed by atoms with van der Waals surface area (Å²) in [5.74, 6) is 2.87. The summed E-state index contributed by atoms with van der Waals surface area (Å²) in [7, 11) is 1.99. The number of hydrogen-bond acceptors (Lipinski definition) is 5. The third kappa shape index (κ3) is 3.67. The van der Waals surface area contributed by atoms with E-state index in [-0.39, 0.29) is 5.92 Å². The van der Waals surface area contributed by atoms with E-state index in [9.17, 15) is 4.79 Å². The number of rotatable bonds is 4. The van der Waals surface area contributed by atoms with Gasteiger partial charge in [-0.2, -0.15) is 0 Å². The van der Waals surface area contributed by atoms with Crippen molar-refractivity contribution in [3.05, 3.63) is 36.3 Å². The molecule has 7 nitrogen and oxygen atoms in total. The lowest BCUT2D eigenvalue weighted by Crippen LogP contribution is -2.47. The molecule has 2 aliphatic heterocycles. The molecule has 0 aromatic carbocycles. The van der Waals surface area contributed by atoms with Crippen LogP contribution in [0.3, 0.4) is 0 Å². The van der Waals surface area contributed by atoms with E-state index in [2.05, 4.69) is 20.0 Å². The fraction of sp³-hybridized carbons (Fsp3) is 0.632. The summed E-state index contributed by atoms with van der Waals surface area (Å²) in [5, 5.41) is 8.22. The predicted octanol–water partition coefficient (Wildman–Crippen LogP) is 2.03. The molecule has 2 aromatic rings. The zero-order valence-electron chi connectivity index (χ0n) is 15.4. The van der Waals surface area contributed by atoms with Crippen molar-refractivity contribution in [3.63, 3.8) is 0 Å². The molecule has 1 atom stereocenters. The lowest BCUT2D eigenvalue weighted by molar-refractivity contribution is -0.138. The van der Waals surface area contributed by atoms with E-state index in [1.165, 1.54) is 0 Å². The standard InChI is InChI=1S/C19H27N5O2/c1-22-14-20-21-18(22)15-6-9-24(10-7-15)19(25)16-4-2-8-23(12-16)13-17-5-3-11-26-17/h3,5,11,14-16H,2,4,6-10,12-13H2,1H3. The maximum absolute atomic E-state index is 13.0. The average Bonchev–Trinajstić information content (AvgIpc) is 3.33. The SMILES string of the molecule is Cn1cnnc1C1CCN(C(=O)C2CCCN(Cc3ccco3)C2)CC1. The Kier molecular flexibility index (Phi) is 5.06. The first-order valence-electron chi connectivity index (χ1n) is 9.58. The van der Waals surface area contributed by atoms with Gasteiger partial charge in [-0.15, -0.1) is 10.2 Å². The number of carbonyl (C=O) groups is 1. The summed E-state index contributed by atoms with van der Waals surface area (Å²) < 4.78 is 7.45. The molecule has 0 spiro atoms. The third-order valence-electron chi connectivity index (χ3n) is 5.73. The van der Waals surface area contributed by atoms with Crippen LogP contribution >= 0.6 is 0 Å². The second-order valence-electron chi connectivity index (χ2n) is 7.55. The van der Waals surface area contributed by atoms with Crippen LogP contribution in [-0.2, 0) is 18.4 Å². The molecule has 2 saturated heterocycles. The highest BCUT2D eigenvalue weighted by Gasteiger charge is 2.32. The lowest BCUT2D eigenvalue weighted by atomic mass is 9.92. The Bertz CT molecular complexity index is 718. The highest BCUT2D eigenvalue weighted by Crippen LogP contribution is 2.28. The summed E-state index contributed by atoms with van der Waals surface area (Å²) in [5.41, 5.74) is 0. The van der Waals surface area contributed by atoms with Gasteiger partial charge < -0.3 is 13.9 Å². The zero-order chi connectivity index (χ0) is 17.9. The minimum atomic E-state index is 0.116. The van der Waals surface area contributed by atoms with E-state index in [0.717, 1.165) is 70.0 Å². The number of piperidine rings is 2. The minimum Gasteiger partial charge on any atom is -0.468 e. The van der Waals surface area contributed by atoms with Crippen LogP contribution in [0.1, 0.15) is 43.2 Å². The Balaban J connectivity index is 1.31. The van der Waals surface area contributed by atoms with Crippen LogP contribution in [0.4, 0.5) is 0 Å². The predicted molar refractivity (Wildman–Crippen MR) is 96.3 cm³/mol. The van der Waals surface area contributed by atoms with Crippen molar-refractivity contribution in [3.8, 4) is 0 Å². The largest absolute Gasteiger partial charge is 0.468 e. The molecule has 4 rings (SSSR count). The van der Waals surface area contributed by atoms with Crippen LogP contribution in [0.15, 0.2) is 29.1 Å². The van der Waals surface area contributed by atoms with Gasteiger partial charge in [0.1, 0.15) is 17.9 Å². The molecular weight excluding hydrogens is 330 g/mol. The van der Waals surface area contributed by atoms with Gasteiger partial charge in [-0.3, -0.25) is 9.69 Å². The quantitative estimate of drug-likeness (QED) is 0.837. The molecule has 2 aromatic heterocycles. The van der Waals surface area contributed by atoms with E-state index in [1.807, 2.05) is 23.7 Å². The molecular formula is C19H27N5O2. The topological polar surface area (TPSA) is 67.4 Å². The van der Waals surface area contributed by atoms with Gasteiger partial charge in [0.05, 0.1) is 18.7 Å². The number of furan rings is 1. The summed E-state index contributed by atoms with van der Waals surface area (Å²) >= 11 is 0. The van der Waals surface area contributed by atoms with Crippen LogP contribution in [-0.4, -0.2) is 56.7 Å². The Labute approximate surface area is 154 Å². The van der Waals surface area contributed by atoms with Crippen molar-refractivity contribution in [2.75, 3.05) is 26.2 Å². The van der Waals surface area contributed by atoms with Crippen molar-refractivity contribution in [2.45, 2.75) is 38.1 Å². The molecule has 0 bridgehead atoms. The maximum atomic E-state index is 13.0. The van der Waals surface area contributed by atoms with Crippen LogP contribution in [0.5, 0.6) is 0 Å². The van der Waals surface area contributed by atoms with Gasteiger partial charge >= 0.3 is 0 Å². The Morgan fingerprint density at radius 2 is 2.12 bits per heavy atom. The number of nitrogens with zero attached hydrogens (tertiary/aromatic N) is 5. The fourth-order valence-corrected chi connectivity index (χ4v) is 4.30. The maximum Gasteiger partial charge on any atom is 0.226 e. The highest BCUT2D eigenvalue weighted by atomic mass is 16.3. The molecule has 1 amide bonds. The summed E-state index contributed by atoms with van der Waals surface area (Å²) in [6.07, 6.45) is 7.48. The van der Waals surface area contributed by atoms with E-state index in [4.69, 9.17) is 4.42 Å². The zero-order valence-corrected chi connectivity index (χ0v) is 15.4. The molecule has 140 valence electrons. The van der Waals surface area contributed by atoms with Gasteiger partial charge in [-0.25, -0.2) is 0 Å². The Morgan fingerprint density at radius 3 is 2.81 bits per heavy atom. The second-order valence-corrected chi connectivity index (χ2v) is 7.55. The number of likely N-dealkylation sites (tertiary alicyclic amines) is 2. The van der Waals surface area contributed by atoms with Gasteiger partial charge in [0.2, 0.25) is 5.91 Å². The van der Waals surface area contributed by atoms with E-state index in [0.29, 0.717) is 11.8 Å². The molecule has 0 saturated carbocycles. The van der Waals surface area contributed by atoms with E-state index < -0.39 is 0 Å². The number of hydrogen-bond donors (Lipinski definition) is 0. The van der Waals surface area contributed by atoms with Gasteiger partial charge in [-0.05, 0) is 44.4 Å². The molecule has 0 aliphatic carbocycles. The van der Waals surface area contributed by atoms with Crippen LogP contribution in [0.2, 0.25) is 0 Å². The molecule has 2 fully saturated rings. The van der Waals surface area contributed by atoms with Crippen molar-refractivity contribution < 1.29 is 9.21 Å². The van der Waals surface area contributed by atoms with Gasteiger partial charge in [0.15, 0.2) is 0 Å². The smallest absolute Gasteiger partial charge is 0.226 e.